The van der Waals surface area contributed by atoms with Crippen molar-refractivity contribution in [3.8, 4) is 0 Å². The monoisotopic (exact) mass is 427 g/mol. The molecule has 5 aliphatic rings. The second-order valence-corrected chi connectivity index (χ2v) is 12.0. The molecule has 4 fully saturated rings. The van der Waals surface area contributed by atoms with Crippen LogP contribution in [-0.4, -0.2) is 43.5 Å². The first-order valence-corrected chi connectivity index (χ1v) is 13.6. The molecule has 6 atom stereocenters. The van der Waals surface area contributed by atoms with E-state index in [4.69, 9.17) is 4.74 Å². The predicted molar refractivity (Wildman–Crippen MR) is 126 cm³/mol. The van der Waals surface area contributed by atoms with Gasteiger partial charge in [-0.1, -0.05) is 25.5 Å². The number of ether oxygens (including phenoxy) is 1. The standard InChI is InChI=1S/C28H45NO2/c1-27-13-11-21(6-5-18-31-19-17-29-15-3-4-16-29)20-22(27)7-8-23-24-9-10-26(30)28(24,2)14-12-25(23)27/h20-21,23-25H,3-19H2,1-2H3/t21-,23?,24?,25?,27-,28-/m0/s1. The summed E-state index contributed by atoms with van der Waals surface area (Å²) in [5, 5.41) is 0. The summed E-state index contributed by atoms with van der Waals surface area (Å²) in [6, 6.07) is 0. The van der Waals surface area contributed by atoms with E-state index in [9.17, 15) is 4.79 Å². The number of hydrogen-bond acceptors (Lipinski definition) is 3. The molecule has 1 aliphatic heterocycles. The lowest BCUT2D eigenvalue weighted by molar-refractivity contribution is -0.132. The van der Waals surface area contributed by atoms with Gasteiger partial charge in [0, 0.05) is 25.0 Å². The van der Waals surface area contributed by atoms with Gasteiger partial charge in [-0.15, -0.1) is 0 Å². The number of carbonyl (C=O) groups excluding carboxylic acids is 1. The third kappa shape index (κ3) is 4.07. The Morgan fingerprint density at radius 1 is 0.968 bits per heavy atom. The van der Waals surface area contributed by atoms with E-state index in [1.165, 1.54) is 77.3 Å². The molecule has 0 spiro atoms. The number of Topliss-reactive ketones (excluding diaryl/α,β-unsaturated/α-hetero) is 1. The number of nitrogens with zero attached hydrogens (tertiary/aromatic N) is 1. The first-order valence-electron chi connectivity index (χ1n) is 13.6. The highest BCUT2D eigenvalue weighted by atomic mass is 16.5. The molecule has 0 aromatic carbocycles. The van der Waals surface area contributed by atoms with Gasteiger partial charge < -0.3 is 9.64 Å². The Kier molecular flexibility index (Phi) is 6.38. The molecule has 3 saturated carbocycles. The summed E-state index contributed by atoms with van der Waals surface area (Å²) in [4.78, 5) is 15.2. The summed E-state index contributed by atoms with van der Waals surface area (Å²) >= 11 is 0. The van der Waals surface area contributed by atoms with Crippen molar-refractivity contribution in [2.75, 3.05) is 32.8 Å². The number of fused-ring (bicyclic) bond motifs is 5. The van der Waals surface area contributed by atoms with Crippen LogP contribution in [0.2, 0.25) is 0 Å². The van der Waals surface area contributed by atoms with Crippen LogP contribution in [0, 0.1) is 34.5 Å². The fourth-order valence-electron chi connectivity index (χ4n) is 8.55. The van der Waals surface area contributed by atoms with Crippen molar-refractivity contribution in [1.29, 1.82) is 0 Å². The maximum absolute atomic E-state index is 12.6. The summed E-state index contributed by atoms with van der Waals surface area (Å²) in [5.41, 5.74) is 2.22. The molecule has 0 bridgehead atoms. The lowest BCUT2D eigenvalue weighted by Crippen LogP contribution is -2.50. The average molecular weight is 428 g/mol. The van der Waals surface area contributed by atoms with E-state index < -0.39 is 0 Å². The van der Waals surface area contributed by atoms with Crippen molar-refractivity contribution < 1.29 is 9.53 Å². The molecule has 3 unspecified atom stereocenters. The zero-order valence-corrected chi connectivity index (χ0v) is 20.2. The molecular formula is C28H45NO2. The number of carbonyl (C=O) groups is 1. The van der Waals surface area contributed by atoms with Gasteiger partial charge in [-0.3, -0.25) is 4.79 Å². The third-order valence-corrected chi connectivity index (χ3v) is 10.5. The number of likely N-dealkylation sites (tertiary alicyclic amines) is 1. The van der Waals surface area contributed by atoms with Crippen LogP contribution >= 0.6 is 0 Å². The maximum atomic E-state index is 12.6. The topological polar surface area (TPSA) is 29.5 Å². The molecule has 3 nitrogen and oxygen atoms in total. The van der Waals surface area contributed by atoms with Gasteiger partial charge in [0.25, 0.3) is 0 Å². The molecular weight excluding hydrogens is 382 g/mol. The Balaban J connectivity index is 1.12. The molecule has 1 saturated heterocycles. The van der Waals surface area contributed by atoms with E-state index in [1.54, 1.807) is 5.57 Å². The van der Waals surface area contributed by atoms with Crippen molar-refractivity contribution in [3.63, 3.8) is 0 Å². The van der Waals surface area contributed by atoms with Crippen LogP contribution in [0.4, 0.5) is 0 Å². The summed E-state index contributed by atoms with van der Waals surface area (Å²) in [6.07, 6.45) is 17.8. The highest BCUT2D eigenvalue weighted by Gasteiger charge is 2.58. The second-order valence-electron chi connectivity index (χ2n) is 12.0. The van der Waals surface area contributed by atoms with E-state index in [0.29, 0.717) is 17.1 Å². The Bertz CT molecular complexity index is 695. The third-order valence-electron chi connectivity index (χ3n) is 10.5. The average Bonchev–Trinajstić information content (AvgIpc) is 3.38. The van der Waals surface area contributed by atoms with Crippen molar-refractivity contribution >= 4 is 5.78 Å². The van der Waals surface area contributed by atoms with Crippen LogP contribution in [0.3, 0.4) is 0 Å². The Labute approximate surface area is 190 Å². The SMILES string of the molecule is C[C@]12CC[C@H](CCCOCCN3CCCC3)C=C1CCC1C2CC[C@]2(C)C(=O)CCC12. The van der Waals surface area contributed by atoms with E-state index in [2.05, 4.69) is 24.8 Å². The summed E-state index contributed by atoms with van der Waals surface area (Å²) in [6.45, 7) is 10.4. The Morgan fingerprint density at radius 2 is 1.74 bits per heavy atom. The predicted octanol–water partition coefficient (Wildman–Crippen LogP) is 6.03. The highest BCUT2D eigenvalue weighted by Crippen LogP contribution is 2.64. The Morgan fingerprint density at radius 3 is 2.58 bits per heavy atom. The van der Waals surface area contributed by atoms with Gasteiger partial charge in [0.2, 0.25) is 0 Å². The molecule has 0 aromatic heterocycles. The van der Waals surface area contributed by atoms with E-state index >= 15 is 0 Å². The minimum absolute atomic E-state index is 0.0186. The lowest BCUT2D eigenvalue weighted by Gasteiger charge is -2.57. The van der Waals surface area contributed by atoms with Crippen LogP contribution in [0.15, 0.2) is 11.6 Å². The van der Waals surface area contributed by atoms with E-state index in [-0.39, 0.29) is 5.41 Å². The largest absolute Gasteiger partial charge is 0.380 e. The molecule has 1 heterocycles. The van der Waals surface area contributed by atoms with E-state index in [0.717, 1.165) is 50.4 Å². The van der Waals surface area contributed by atoms with Gasteiger partial charge in [0.1, 0.15) is 5.78 Å². The van der Waals surface area contributed by atoms with Crippen molar-refractivity contribution in [2.24, 2.45) is 34.5 Å². The van der Waals surface area contributed by atoms with Gasteiger partial charge in [-0.25, -0.2) is 0 Å². The van der Waals surface area contributed by atoms with Crippen molar-refractivity contribution in [3.05, 3.63) is 11.6 Å². The second kappa shape index (κ2) is 8.93. The van der Waals surface area contributed by atoms with Gasteiger partial charge in [0.05, 0.1) is 6.61 Å². The molecule has 31 heavy (non-hydrogen) atoms. The fourth-order valence-corrected chi connectivity index (χ4v) is 8.55. The number of rotatable bonds is 7. The quantitative estimate of drug-likeness (QED) is 0.367. The first-order chi connectivity index (χ1) is 15.0. The minimum Gasteiger partial charge on any atom is -0.380 e. The minimum atomic E-state index is 0.0186. The molecule has 0 aromatic rings. The van der Waals surface area contributed by atoms with Gasteiger partial charge in [-0.2, -0.15) is 0 Å². The highest BCUT2D eigenvalue weighted by molar-refractivity contribution is 5.87. The zero-order chi connectivity index (χ0) is 21.5. The zero-order valence-electron chi connectivity index (χ0n) is 20.2. The van der Waals surface area contributed by atoms with Crippen LogP contribution in [0.1, 0.15) is 90.9 Å². The molecule has 174 valence electrons. The molecule has 0 amide bonds. The van der Waals surface area contributed by atoms with Crippen LogP contribution < -0.4 is 0 Å². The number of hydrogen-bond donors (Lipinski definition) is 0. The van der Waals surface area contributed by atoms with E-state index in [1.807, 2.05) is 0 Å². The summed E-state index contributed by atoms with van der Waals surface area (Å²) in [7, 11) is 0. The smallest absolute Gasteiger partial charge is 0.139 e. The van der Waals surface area contributed by atoms with Crippen molar-refractivity contribution in [2.45, 2.75) is 90.9 Å². The van der Waals surface area contributed by atoms with Crippen molar-refractivity contribution in [1.82, 2.24) is 4.90 Å². The normalized spacial score (nSPS) is 42.8. The number of allylic oxidation sites excluding steroid dienone is 2. The number of ketones is 1. The molecule has 0 radical (unpaired) electrons. The van der Waals surface area contributed by atoms with Crippen LogP contribution in [0.5, 0.6) is 0 Å². The molecule has 3 heteroatoms. The summed E-state index contributed by atoms with van der Waals surface area (Å²) in [5.74, 6) is 3.64. The molecule has 5 rings (SSSR count). The summed E-state index contributed by atoms with van der Waals surface area (Å²) < 4.78 is 5.95. The Hall–Kier alpha value is -0.670. The van der Waals surface area contributed by atoms with Gasteiger partial charge in [-0.05, 0) is 113 Å². The van der Waals surface area contributed by atoms with Gasteiger partial charge in [0.15, 0.2) is 0 Å². The molecule has 4 aliphatic carbocycles. The maximum Gasteiger partial charge on any atom is 0.139 e. The first kappa shape index (κ1) is 22.1. The van der Waals surface area contributed by atoms with Gasteiger partial charge >= 0.3 is 0 Å². The van der Waals surface area contributed by atoms with Crippen LogP contribution in [0.25, 0.3) is 0 Å². The lowest BCUT2D eigenvalue weighted by atomic mass is 9.47. The van der Waals surface area contributed by atoms with Crippen LogP contribution in [-0.2, 0) is 9.53 Å². The fraction of sp³-hybridized carbons (Fsp3) is 0.893. The molecule has 0 N–H and O–H groups in total.